The summed E-state index contributed by atoms with van der Waals surface area (Å²) in [6, 6.07) is 7.14. The third-order valence-electron chi connectivity index (χ3n) is 3.04. The van der Waals surface area contributed by atoms with Crippen LogP contribution in [0.4, 0.5) is 0 Å². The summed E-state index contributed by atoms with van der Waals surface area (Å²) < 4.78 is 10.7. The van der Waals surface area contributed by atoms with Gasteiger partial charge in [-0.3, -0.25) is 4.79 Å². The molecule has 1 amide bonds. The van der Waals surface area contributed by atoms with E-state index in [0.717, 1.165) is 12.8 Å². The molecule has 0 heterocycles. The predicted molar refractivity (Wildman–Crippen MR) is 90.2 cm³/mol. The Morgan fingerprint density at radius 2 is 2.22 bits per heavy atom. The van der Waals surface area contributed by atoms with Gasteiger partial charge >= 0.3 is 0 Å². The van der Waals surface area contributed by atoms with Crippen LogP contribution >= 0.6 is 0 Å². The van der Waals surface area contributed by atoms with Crippen molar-refractivity contribution in [1.82, 2.24) is 5.32 Å². The summed E-state index contributed by atoms with van der Waals surface area (Å²) in [6.07, 6.45) is 5.03. The van der Waals surface area contributed by atoms with Crippen LogP contribution in [0.25, 0.3) is 6.08 Å². The van der Waals surface area contributed by atoms with Crippen molar-refractivity contribution >= 4 is 12.0 Å². The first kappa shape index (κ1) is 18.3. The van der Waals surface area contributed by atoms with E-state index in [2.05, 4.69) is 11.9 Å². The van der Waals surface area contributed by atoms with Crippen LogP contribution in [0.3, 0.4) is 0 Å². The number of methoxy groups -OCH3 is 1. The van der Waals surface area contributed by atoms with Crippen LogP contribution in [-0.4, -0.2) is 26.2 Å². The van der Waals surface area contributed by atoms with E-state index >= 15 is 0 Å². The van der Waals surface area contributed by atoms with Gasteiger partial charge in [0.25, 0.3) is 5.91 Å². The predicted octanol–water partition coefficient (Wildman–Crippen LogP) is 3.08. The summed E-state index contributed by atoms with van der Waals surface area (Å²) >= 11 is 0. The molecule has 0 fully saturated rings. The number of unbranched alkanes of at least 4 members (excludes halogenated alkanes) is 1. The first-order valence-electron chi connectivity index (χ1n) is 7.48. The van der Waals surface area contributed by atoms with Crippen molar-refractivity contribution in [3.05, 3.63) is 42.0 Å². The maximum Gasteiger partial charge on any atom is 0.261 e. The van der Waals surface area contributed by atoms with Gasteiger partial charge in [-0.15, -0.1) is 0 Å². The fraction of sp³-hybridized carbons (Fsp3) is 0.333. The lowest BCUT2D eigenvalue weighted by atomic mass is 10.1. The second kappa shape index (κ2) is 10.1. The number of amides is 1. The van der Waals surface area contributed by atoms with Crippen molar-refractivity contribution < 1.29 is 14.3 Å². The van der Waals surface area contributed by atoms with Gasteiger partial charge in [0.1, 0.15) is 18.2 Å². The molecule has 0 radical (unpaired) electrons. The van der Waals surface area contributed by atoms with Gasteiger partial charge in [0.05, 0.1) is 7.11 Å². The topological polar surface area (TPSA) is 71.3 Å². The van der Waals surface area contributed by atoms with Crippen molar-refractivity contribution in [1.29, 1.82) is 5.26 Å². The SMILES string of the molecule is C=CCOc1ccc(/C=C(\C#N)C(=O)NCCCC)cc1OC. The lowest BCUT2D eigenvalue weighted by molar-refractivity contribution is -0.117. The molecule has 0 unspecified atom stereocenters. The van der Waals surface area contributed by atoms with E-state index in [0.29, 0.717) is 30.2 Å². The molecule has 0 aliphatic rings. The van der Waals surface area contributed by atoms with E-state index in [4.69, 9.17) is 14.7 Å². The van der Waals surface area contributed by atoms with Crippen molar-refractivity contribution in [2.75, 3.05) is 20.3 Å². The van der Waals surface area contributed by atoms with E-state index in [1.807, 2.05) is 13.0 Å². The first-order valence-corrected chi connectivity index (χ1v) is 7.48. The Morgan fingerprint density at radius 1 is 1.43 bits per heavy atom. The van der Waals surface area contributed by atoms with Gasteiger partial charge in [-0.25, -0.2) is 0 Å². The standard InChI is InChI=1S/C18H22N2O3/c1-4-6-9-20-18(21)15(13-19)11-14-7-8-16(23-10-5-2)17(12-14)22-3/h5,7-8,11-12H,2,4,6,9-10H2,1,3H3,(H,20,21)/b15-11+. The number of hydrogen-bond donors (Lipinski definition) is 1. The second-order valence-electron chi connectivity index (χ2n) is 4.79. The fourth-order valence-corrected chi connectivity index (χ4v) is 1.83. The highest BCUT2D eigenvalue weighted by molar-refractivity contribution is 6.01. The van der Waals surface area contributed by atoms with E-state index in [1.54, 1.807) is 24.3 Å². The van der Waals surface area contributed by atoms with Crippen molar-refractivity contribution in [2.45, 2.75) is 19.8 Å². The van der Waals surface area contributed by atoms with Crippen molar-refractivity contribution in [2.24, 2.45) is 0 Å². The molecule has 0 aliphatic heterocycles. The van der Waals surface area contributed by atoms with Gasteiger partial charge in [-0.2, -0.15) is 5.26 Å². The highest BCUT2D eigenvalue weighted by Crippen LogP contribution is 2.28. The molecule has 122 valence electrons. The van der Waals surface area contributed by atoms with Crippen LogP contribution < -0.4 is 14.8 Å². The Labute approximate surface area is 137 Å². The average Bonchev–Trinajstić information content (AvgIpc) is 2.58. The van der Waals surface area contributed by atoms with E-state index < -0.39 is 0 Å². The molecule has 0 aliphatic carbocycles. The highest BCUT2D eigenvalue weighted by atomic mass is 16.5. The third kappa shape index (κ3) is 5.87. The molecule has 0 saturated heterocycles. The molecule has 5 heteroatoms. The molecule has 1 aromatic rings. The van der Waals surface area contributed by atoms with E-state index in [-0.39, 0.29) is 11.5 Å². The van der Waals surface area contributed by atoms with Crippen LogP contribution in [0.5, 0.6) is 11.5 Å². The zero-order valence-corrected chi connectivity index (χ0v) is 13.6. The van der Waals surface area contributed by atoms with Crippen LogP contribution in [0.2, 0.25) is 0 Å². The van der Waals surface area contributed by atoms with Gasteiger partial charge in [-0.05, 0) is 30.2 Å². The van der Waals surface area contributed by atoms with Crippen LogP contribution in [-0.2, 0) is 4.79 Å². The maximum atomic E-state index is 11.9. The lowest BCUT2D eigenvalue weighted by Gasteiger charge is -2.10. The van der Waals surface area contributed by atoms with E-state index in [1.165, 1.54) is 13.2 Å². The molecule has 1 rings (SSSR count). The van der Waals surface area contributed by atoms with Crippen LogP contribution in [0, 0.1) is 11.3 Å². The van der Waals surface area contributed by atoms with E-state index in [9.17, 15) is 4.79 Å². The molecule has 0 spiro atoms. The summed E-state index contributed by atoms with van der Waals surface area (Å²) in [6.45, 7) is 6.56. The molecule has 5 nitrogen and oxygen atoms in total. The number of nitriles is 1. The summed E-state index contributed by atoms with van der Waals surface area (Å²) in [5.41, 5.74) is 0.748. The molecule has 1 N–H and O–H groups in total. The largest absolute Gasteiger partial charge is 0.493 e. The van der Waals surface area contributed by atoms with Gasteiger partial charge in [0.2, 0.25) is 0 Å². The van der Waals surface area contributed by atoms with Gasteiger partial charge in [0.15, 0.2) is 11.5 Å². The number of carbonyl (C=O) groups is 1. The fourth-order valence-electron chi connectivity index (χ4n) is 1.83. The monoisotopic (exact) mass is 314 g/mol. The Hall–Kier alpha value is -2.74. The smallest absolute Gasteiger partial charge is 0.261 e. The number of nitrogens with zero attached hydrogens (tertiary/aromatic N) is 1. The van der Waals surface area contributed by atoms with Crippen LogP contribution in [0.1, 0.15) is 25.3 Å². The number of rotatable bonds is 9. The molecular formula is C18H22N2O3. The first-order chi connectivity index (χ1) is 11.2. The van der Waals surface area contributed by atoms with Gasteiger partial charge < -0.3 is 14.8 Å². The Morgan fingerprint density at radius 3 is 2.83 bits per heavy atom. The normalized spacial score (nSPS) is 10.6. The summed E-state index contributed by atoms with van der Waals surface area (Å²) in [4.78, 5) is 11.9. The third-order valence-corrected chi connectivity index (χ3v) is 3.04. The quantitative estimate of drug-likeness (QED) is 0.329. The number of hydrogen-bond acceptors (Lipinski definition) is 4. The minimum absolute atomic E-state index is 0.0583. The molecule has 0 aromatic heterocycles. The zero-order valence-electron chi connectivity index (χ0n) is 13.6. The molecule has 1 aromatic carbocycles. The zero-order chi connectivity index (χ0) is 17.1. The maximum absolute atomic E-state index is 11.9. The Bertz CT molecular complexity index is 615. The van der Waals surface area contributed by atoms with Gasteiger partial charge in [0, 0.05) is 6.54 Å². The highest BCUT2D eigenvalue weighted by Gasteiger charge is 2.10. The Balaban J connectivity index is 2.93. The average molecular weight is 314 g/mol. The molecule has 0 bridgehead atoms. The van der Waals surface area contributed by atoms with Crippen LogP contribution in [0.15, 0.2) is 36.4 Å². The summed E-state index contributed by atoms with van der Waals surface area (Å²) in [5, 5.41) is 11.9. The lowest BCUT2D eigenvalue weighted by Crippen LogP contribution is -2.25. The number of carbonyl (C=O) groups excluding carboxylic acids is 1. The minimum atomic E-state index is -0.369. The molecule has 23 heavy (non-hydrogen) atoms. The molecular weight excluding hydrogens is 292 g/mol. The van der Waals surface area contributed by atoms with Crippen molar-refractivity contribution in [3.8, 4) is 17.6 Å². The second-order valence-corrected chi connectivity index (χ2v) is 4.79. The Kier molecular flexibility index (Phi) is 8.01. The number of nitrogens with one attached hydrogen (secondary N) is 1. The van der Waals surface area contributed by atoms with Gasteiger partial charge in [-0.1, -0.05) is 32.1 Å². The van der Waals surface area contributed by atoms with Crippen molar-refractivity contribution in [3.63, 3.8) is 0 Å². The summed E-state index contributed by atoms with van der Waals surface area (Å²) in [7, 11) is 1.53. The number of ether oxygens (including phenoxy) is 2. The number of benzene rings is 1. The molecule has 0 saturated carbocycles. The minimum Gasteiger partial charge on any atom is -0.493 e. The summed E-state index contributed by atoms with van der Waals surface area (Å²) in [5.74, 6) is 0.742. The molecule has 0 atom stereocenters.